The number of carbonyl (C=O) groups is 1. The highest BCUT2D eigenvalue weighted by Crippen LogP contribution is 2.49. The molecule has 0 aliphatic heterocycles. The number of halogens is 1. The van der Waals surface area contributed by atoms with E-state index >= 15 is 0 Å². The summed E-state index contributed by atoms with van der Waals surface area (Å²) < 4.78 is 0. The molecule has 1 aliphatic carbocycles. The van der Waals surface area contributed by atoms with Gasteiger partial charge in [0.05, 0.1) is 4.92 Å². The minimum atomic E-state index is -0.470. The summed E-state index contributed by atoms with van der Waals surface area (Å²) in [5.41, 5.74) is 1.64. The van der Waals surface area contributed by atoms with Crippen molar-refractivity contribution < 1.29 is 9.72 Å². The van der Waals surface area contributed by atoms with Crippen molar-refractivity contribution in [1.29, 1.82) is 0 Å². The number of Topliss-reactive ketones (excluding diaryl/α,β-unsaturated/α-hetero) is 1. The van der Waals surface area contributed by atoms with Gasteiger partial charge in [-0.15, -0.1) is 0 Å². The van der Waals surface area contributed by atoms with Crippen molar-refractivity contribution in [2.24, 2.45) is 5.92 Å². The van der Waals surface area contributed by atoms with Gasteiger partial charge in [-0.25, -0.2) is 0 Å². The predicted octanol–water partition coefficient (Wildman–Crippen LogP) is 4.23. The normalized spacial score (nSPS) is 20.0. The average molecular weight is 302 g/mol. The molecule has 4 nitrogen and oxygen atoms in total. The minimum Gasteiger partial charge on any atom is -0.294 e. The van der Waals surface area contributed by atoms with Gasteiger partial charge in [0.1, 0.15) is 0 Å². The van der Waals surface area contributed by atoms with Crippen LogP contribution in [0, 0.1) is 16.0 Å². The van der Waals surface area contributed by atoms with Crippen molar-refractivity contribution in [2.75, 3.05) is 0 Å². The maximum atomic E-state index is 12.3. The van der Waals surface area contributed by atoms with E-state index in [-0.39, 0.29) is 23.3 Å². The molecular weight excluding hydrogens is 290 g/mol. The topological polar surface area (TPSA) is 60.2 Å². The molecule has 0 bridgehead atoms. The molecule has 1 saturated carbocycles. The Labute approximate surface area is 126 Å². The SMILES string of the molecule is O=C(c1ccc([N+](=O)[O-])cc1)[C@H]1C[C@H]1c1ccc(Cl)cc1. The lowest BCUT2D eigenvalue weighted by atomic mass is 10.0. The Morgan fingerprint density at radius 3 is 2.29 bits per heavy atom. The van der Waals surface area contributed by atoms with Gasteiger partial charge in [0, 0.05) is 28.6 Å². The Morgan fingerprint density at radius 2 is 1.71 bits per heavy atom. The molecule has 106 valence electrons. The lowest BCUT2D eigenvalue weighted by Gasteiger charge is -2.02. The number of carbonyl (C=O) groups excluding carboxylic acids is 1. The van der Waals surface area contributed by atoms with Crippen LogP contribution in [0.2, 0.25) is 5.02 Å². The summed E-state index contributed by atoms with van der Waals surface area (Å²) in [4.78, 5) is 22.5. The first kappa shape index (κ1) is 13.8. The summed E-state index contributed by atoms with van der Waals surface area (Å²) >= 11 is 5.85. The van der Waals surface area contributed by atoms with Gasteiger partial charge in [-0.2, -0.15) is 0 Å². The monoisotopic (exact) mass is 301 g/mol. The zero-order valence-electron chi connectivity index (χ0n) is 11.0. The highest BCUT2D eigenvalue weighted by molar-refractivity contribution is 6.30. The van der Waals surface area contributed by atoms with Crippen LogP contribution >= 0.6 is 11.6 Å². The predicted molar refractivity (Wildman–Crippen MR) is 79.7 cm³/mol. The summed E-state index contributed by atoms with van der Waals surface area (Å²) in [5, 5.41) is 11.3. The van der Waals surface area contributed by atoms with Crippen molar-refractivity contribution in [3.63, 3.8) is 0 Å². The molecule has 0 amide bonds. The highest BCUT2D eigenvalue weighted by atomic mass is 35.5. The first-order chi connectivity index (χ1) is 10.1. The second kappa shape index (κ2) is 5.30. The van der Waals surface area contributed by atoms with Crippen LogP contribution < -0.4 is 0 Å². The fraction of sp³-hybridized carbons (Fsp3) is 0.188. The number of nitrogens with zero attached hydrogens (tertiary/aromatic N) is 1. The first-order valence-electron chi connectivity index (χ1n) is 6.60. The van der Waals surface area contributed by atoms with E-state index in [4.69, 9.17) is 11.6 Å². The molecule has 1 aliphatic rings. The molecule has 21 heavy (non-hydrogen) atoms. The van der Waals surface area contributed by atoms with Crippen LogP contribution in [0.15, 0.2) is 48.5 Å². The minimum absolute atomic E-state index is 0.00315. The lowest BCUT2D eigenvalue weighted by Crippen LogP contribution is -2.03. The lowest BCUT2D eigenvalue weighted by molar-refractivity contribution is -0.384. The molecule has 1 fully saturated rings. The average Bonchev–Trinajstić information content (AvgIpc) is 3.28. The summed E-state index contributed by atoms with van der Waals surface area (Å²) in [5.74, 6) is 0.238. The van der Waals surface area contributed by atoms with Crippen LogP contribution in [0.4, 0.5) is 5.69 Å². The second-order valence-electron chi connectivity index (χ2n) is 5.17. The first-order valence-corrected chi connectivity index (χ1v) is 6.98. The number of nitro benzene ring substituents is 1. The van der Waals surface area contributed by atoms with Gasteiger partial charge in [0.15, 0.2) is 5.78 Å². The molecule has 2 aromatic carbocycles. The van der Waals surface area contributed by atoms with Gasteiger partial charge in [0.2, 0.25) is 0 Å². The van der Waals surface area contributed by atoms with Gasteiger partial charge < -0.3 is 0 Å². The number of benzene rings is 2. The smallest absolute Gasteiger partial charge is 0.269 e. The number of non-ortho nitro benzene ring substituents is 1. The second-order valence-corrected chi connectivity index (χ2v) is 5.60. The molecule has 0 spiro atoms. The fourth-order valence-electron chi connectivity index (χ4n) is 2.52. The molecule has 2 atom stereocenters. The standard InChI is InChI=1S/C16H12ClNO3/c17-12-5-1-10(2-6-12)14-9-15(14)16(19)11-3-7-13(8-4-11)18(20)21/h1-8,14-15H,9H2/t14-,15-/m0/s1. The Kier molecular flexibility index (Phi) is 3.47. The van der Waals surface area contributed by atoms with Crippen LogP contribution in [0.3, 0.4) is 0 Å². The molecule has 0 unspecified atom stereocenters. The third-order valence-corrected chi connectivity index (χ3v) is 4.04. The number of hydrogen-bond donors (Lipinski definition) is 0. The molecule has 0 N–H and O–H groups in total. The van der Waals surface area contributed by atoms with Crippen LogP contribution in [0.1, 0.15) is 28.3 Å². The van der Waals surface area contributed by atoms with E-state index in [0.717, 1.165) is 12.0 Å². The summed E-state index contributed by atoms with van der Waals surface area (Å²) in [7, 11) is 0. The largest absolute Gasteiger partial charge is 0.294 e. The number of nitro groups is 1. The van der Waals surface area contributed by atoms with Crippen molar-refractivity contribution in [3.8, 4) is 0 Å². The molecule has 0 aromatic heterocycles. The van der Waals surface area contributed by atoms with E-state index in [9.17, 15) is 14.9 Å². The zero-order chi connectivity index (χ0) is 15.0. The van der Waals surface area contributed by atoms with Gasteiger partial charge >= 0.3 is 0 Å². The maximum absolute atomic E-state index is 12.3. The van der Waals surface area contributed by atoms with Crippen LogP contribution in [-0.2, 0) is 0 Å². The molecule has 2 aromatic rings. The van der Waals surface area contributed by atoms with E-state index in [1.807, 2.05) is 24.3 Å². The quantitative estimate of drug-likeness (QED) is 0.482. The number of ketones is 1. The zero-order valence-corrected chi connectivity index (χ0v) is 11.8. The van der Waals surface area contributed by atoms with Crippen LogP contribution in [0.5, 0.6) is 0 Å². The van der Waals surface area contributed by atoms with Gasteiger partial charge in [0.25, 0.3) is 5.69 Å². The highest BCUT2D eigenvalue weighted by Gasteiger charge is 2.43. The molecule has 5 heteroatoms. The van der Waals surface area contributed by atoms with Crippen molar-refractivity contribution in [3.05, 3.63) is 74.8 Å². The van der Waals surface area contributed by atoms with Crippen molar-refractivity contribution in [1.82, 2.24) is 0 Å². The van der Waals surface area contributed by atoms with Gasteiger partial charge in [-0.1, -0.05) is 23.7 Å². The molecule has 3 rings (SSSR count). The number of rotatable bonds is 4. The Morgan fingerprint density at radius 1 is 1.10 bits per heavy atom. The number of hydrogen-bond acceptors (Lipinski definition) is 3. The van der Waals surface area contributed by atoms with Gasteiger partial charge in [-0.05, 0) is 42.2 Å². The molecular formula is C16H12ClNO3. The van der Waals surface area contributed by atoms with E-state index in [1.54, 1.807) is 0 Å². The van der Waals surface area contributed by atoms with Crippen LogP contribution in [-0.4, -0.2) is 10.7 Å². The Hall–Kier alpha value is -2.20. The molecule has 0 heterocycles. The van der Waals surface area contributed by atoms with Crippen molar-refractivity contribution >= 4 is 23.1 Å². The third kappa shape index (κ3) is 2.81. The fourth-order valence-corrected chi connectivity index (χ4v) is 2.65. The van der Waals surface area contributed by atoms with Gasteiger partial charge in [-0.3, -0.25) is 14.9 Å². The summed E-state index contributed by atoms with van der Waals surface area (Å²) in [6.07, 6.45) is 0.817. The van der Waals surface area contributed by atoms with E-state index in [1.165, 1.54) is 24.3 Å². The Bertz CT molecular complexity index is 694. The van der Waals surface area contributed by atoms with Crippen molar-refractivity contribution in [2.45, 2.75) is 12.3 Å². The van der Waals surface area contributed by atoms with E-state index in [2.05, 4.69) is 0 Å². The summed E-state index contributed by atoms with van der Waals surface area (Å²) in [6.45, 7) is 0. The third-order valence-electron chi connectivity index (χ3n) is 3.79. The summed E-state index contributed by atoms with van der Waals surface area (Å²) in [6, 6.07) is 13.3. The Balaban J connectivity index is 1.72. The van der Waals surface area contributed by atoms with E-state index < -0.39 is 4.92 Å². The van der Waals surface area contributed by atoms with E-state index in [0.29, 0.717) is 10.6 Å². The maximum Gasteiger partial charge on any atom is 0.269 e. The molecule has 0 saturated heterocycles. The van der Waals surface area contributed by atoms with Crippen LogP contribution in [0.25, 0.3) is 0 Å². The molecule has 0 radical (unpaired) electrons.